The molecule has 2 rings (SSSR count). The molecule has 150 valence electrons. The standard InChI is InChI=1S/C17H19ClN4O5S/c1-3-22(4-2)28(25,26)12-5-6-13(18)14(9-12)21-16(23)11-27-17(24)15-10-19-7-8-20-15/h5-10H,3-4,11H2,1-2H3,(H,21,23). The van der Waals surface area contributed by atoms with Crippen LogP contribution < -0.4 is 5.32 Å². The largest absolute Gasteiger partial charge is 0.451 e. The number of amides is 1. The number of carbonyl (C=O) groups is 2. The van der Waals surface area contributed by atoms with E-state index in [1.54, 1.807) is 13.8 Å². The predicted molar refractivity (Wildman–Crippen MR) is 103 cm³/mol. The SMILES string of the molecule is CCN(CC)S(=O)(=O)c1ccc(Cl)c(NC(=O)COC(=O)c2cnccn2)c1. The second-order valence-electron chi connectivity index (χ2n) is 5.45. The molecule has 0 fully saturated rings. The van der Waals surface area contributed by atoms with Gasteiger partial charge in [-0.25, -0.2) is 18.2 Å². The molecule has 9 nitrogen and oxygen atoms in total. The van der Waals surface area contributed by atoms with Crippen LogP contribution in [0.5, 0.6) is 0 Å². The van der Waals surface area contributed by atoms with Crippen molar-refractivity contribution in [1.82, 2.24) is 14.3 Å². The molecule has 1 aromatic heterocycles. The lowest BCUT2D eigenvalue weighted by Crippen LogP contribution is -2.30. The van der Waals surface area contributed by atoms with Gasteiger partial charge >= 0.3 is 5.97 Å². The quantitative estimate of drug-likeness (QED) is 0.640. The Balaban J connectivity index is 2.09. The van der Waals surface area contributed by atoms with Gasteiger partial charge in [0.2, 0.25) is 10.0 Å². The second kappa shape index (κ2) is 9.58. The highest BCUT2D eigenvalue weighted by Gasteiger charge is 2.23. The third kappa shape index (κ3) is 5.24. The smallest absolute Gasteiger partial charge is 0.359 e. The molecule has 11 heteroatoms. The molecule has 1 heterocycles. The van der Waals surface area contributed by atoms with Gasteiger partial charge in [0.1, 0.15) is 0 Å². The van der Waals surface area contributed by atoms with E-state index in [0.29, 0.717) is 13.1 Å². The number of rotatable bonds is 8. The van der Waals surface area contributed by atoms with Crippen LogP contribution in [0.4, 0.5) is 5.69 Å². The number of esters is 1. The first kappa shape index (κ1) is 21.7. The summed E-state index contributed by atoms with van der Waals surface area (Å²) >= 11 is 6.05. The Hall–Kier alpha value is -2.56. The maximum Gasteiger partial charge on any atom is 0.359 e. The number of anilines is 1. The Morgan fingerprint density at radius 3 is 2.54 bits per heavy atom. The topological polar surface area (TPSA) is 119 Å². The highest BCUT2D eigenvalue weighted by molar-refractivity contribution is 7.89. The Labute approximate surface area is 167 Å². The summed E-state index contributed by atoms with van der Waals surface area (Å²) in [6.07, 6.45) is 3.92. The summed E-state index contributed by atoms with van der Waals surface area (Å²) in [5.41, 5.74) is 0.0519. The van der Waals surface area contributed by atoms with Gasteiger partial charge in [-0.15, -0.1) is 0 Å². The van der Waals surface area contributed by atoms with Gasteiger partial charge in [-0.1, -0.05) is 25.4 Å². The van der Waals surface area contributed by atoms with Gasteiger partial charge in [0.05, 0.1) is 21.8 Å². The van der Waals surface area contributed by atoms with Crippen molar-refractivity contribution in [3.63, 3.8) is 0 Å². The summed E-state index contributed by atoms with van der Waals surface area (Å²) in [6.45, 7) is 3.47. The molecule has 0 atom stereocenters. The molecule has 1 aromatic carbocycles. The average molecular weight is 427 g/mol. The fourth-order valence-electron chi connectivity index (χ4n) is 2.27. The molecule has 0 aliphatic rings. The van der Waals surface area contributed by atoms with Gasteiger partial charge in [0.15, 0.2) is 12.3 Å². The molecule has 0 bridgehead atoms. The van der Waals surface area contributed by atoms with Gasteiger partial charge in [-0.2, -0.15) is 4.31 Å². The molecule has 0 unspecified atom stereocenters. The third-order valence-electron chi connectivity index (χ3n) is 3.66. The van der Waals surface area contributed by atoms with Crippen LogP contribution in [0.15, 0.2) is 41.7 Å². The van der Waals surface area contributed by atoms with E-state index in [9.17, 15) is 18.0 Å². The van der Waals surface area contributed by atoms with E-state index in [4.69, 9.17) is 16.3 Å². The Kier molecular flexibility index (Phi) is 7.44. The molecule has 0 saturated carbocycles. The van der Waals surface area contributed by atoms with Gasteiger partial charge in [-0.3, -0.25) is 9.78 Å². The number of ether oxygens (including phenoxy) is 1. The number of hydrogen-bond acceptors (Lipinski definition) is 7. The summed E-state index contributed by atoms with van der Waals surface area (Å²) in [6, 6.07) is 4.00. The number of hydrogen-bond donors (Lipinski definition) is 1. The van der Waals surface area contributed by atoms with E-state index in [-0.39, 0.29) is 21.3 Å². The number of sulfonamides is 1. The molecule has 28 heavy (non-hydrogen) atoms. The number of aromatic nitrogens is 2. The van der Waals surface area contributed by atoms with E-state index < -0.39 is 28.5 Å². The zero-order valence-corrected chi connectivity index (χ0v) is 16.8. The Bertz CT molecular complexity index is 949. The van der Waals surface area contributed by atoms with E-state index in [1.165, 1.54) is 41.1 Å². The van der Waals surface area contributed by atoms with Crippen molar-refractivity contribution in [3.8, 4) is 0 Å². The molecule has 0 spiro atoms. The molecule has 0 saturated heterocycles. The summed E-state index contributed by atoms with van der Waals surface area (Å²) in [5.74, 6) is -1.50. The summed E-state index contributed by atoms with van der Waals surface area (Å²) in [5, 5.41) is 2.58. The Morgan fingerprint density at radius 1 is 1.21 bits per heavy atom. The van der Waals surface area contributed by atoms with Crippen molar-refractivity contribution < 1.29 is 22.7 Å². The van der Waals surface area contributed by atoms with Crippen molar-refractivity contribution in [2.45, 2.75) is 18.7 Å². The van der Waals surface area contributed by atoms with Crippen LogP contribution >= 0.6 is 11.6 Å². The number of nitrogens with zero attached hydrogens (tertiary/aromatic N) is 3. The molecule has 1 N–H and O–H groups in total. The maximum atomic E-state index is 12.6. The normalized spacial score (nSPS) is 11.3. The molecule has 0 aliphatic carbocycles. The summed E-state index contributed by atoms with van der Waals surface area (Å²) < 4.78 is 31.3. The molecule has 0 aliphatic heterocycles. The molecule has 0 radical (unpaired) electrons. The van der Waals surface area contributed by atoms with Crippen molar-refractivity contribution in [2.75, 3.05) is 25.0 Å². The number of benzene rings is 1. The minimum absolute atomic E-state index is 0.00699. The van der Waals surface area contributed by atoms with E-state index in [0.717, 1.165) is 0 Å². The van der Waals surface area contributed by atoms with Crippen molar-refractivity contribution >= 4 is 39.2 Å². The van der Waals surface area contributed by atoms with E-state index in [2.05, 4.69) is 15.3 Å². The lowest BCUT2D eigenvalue weighted by Gasteiger charge is -2.19. The summed E-state index contributed by atoms with van der Waals surface area (Å²) in [4.78, 5) is 31.3. The zero-order chi connectivity index (χ0) is 20.7. The predicted octanol–water partition coefficient (Wildman–Crippen LogP) is 1.96. The first-order chi connectivity index (χ1) is 13.3. The van der Waals surface area contributed by atoms with E-state index in [1.807, 2.05) is 0 Å². The Morgan fingerprint density at radius 2 is 1.93 bits per heavy atom. The van der Waals surface area contributed by atoms with Crippen LogP contribution in [0.3, 0.4) is 0 Å². The van der Waals surface area contributed by atoms with Crippen LogP contribution in [-0.4, -0.2) is 54.3 Å². The second-order valence-corrected chi connectivity index (χ2v) is 7.79. The zero-order valence-electron chi connectivity index (χ0n) is 15.3. The molecular formula is C17H19ClN4O5S. The molecule has 1 amide bonds. The summed E-state index contributed by atoms with van der Waals surface area (Å²) in [7, 11) is -3.72. The van der Waals surface area contributed by atoms with Crippen molar-refractivity contribution in [3.05, 3.63) is 47.5 Å². The van der Waals surface area contributed by atoms with Gasteiger partial charge in [0.25, 0.3) is 5.91 Å². The van der Waals surface area contributed by atoms with Gasteiger partial charge in [0, 0.05) is 25.5 Å². The lowest BCUT2D eigenvalue weighted by atomic mass is 10.3. The van der Waals surface area contributed by atoms with Gasteiger partial charge < -0.3 is 10.1 Å². The van der Waals surface area contributed by atoms with Gasteiger partial charge in [-0.05, 0) is 18.2 Å². The average Bonchev–Trinajstić information content (AvgIpc) is 2.69. The molecule has 2 aromatic rings. The highest BCUT2D eigenvalue weighted by Crippen LogP contribution is 2.27. The van der Waals surface area contributed by atoms with Crippen LogP contribution in [-0.2, 0) is 19.6 Å². The van der Waals surface area contributed by atoms with Crippen LogP contribution in [0.2, 0.25) is 5.02 Å². The number of halogens is 1. The monoisotopic (exact) mass is 426 g/mol. The third-order valence-corrected chi connectivity index (χ3v) is 6.04. The minimum atomic E-state index is -3.72. The van der Waals surface area contributed by atoms with Crippen LogP contribution in [0, 0.1) is 0 Å². The maximum absolute atomic E-state index is 12.6. The fourth-order valence-corrected chi connectivity index (χ4v) is 3.92. The minimum Gasteiger partial charge on any atom is -0.451 e. The highest BCUT2D eigenvalue weighted by atomic mass is 35.5. The molecular weight excluding hydrogens is 408 g/mol. The van der Waals surface area contributed by atoms with Crippen LogP contribution in [0.1, 0.15) is 24.3 Å². The lowest BCUT2D eigenvalue weighted by molar-refractivity contribution is -0.119. The van der Waals surface area contributed by atoms with E-state index >= 15 is 0 Å². The van der Waals surface area contributed by atoms with Crippen molar-refractivity contribution in [2.24, 2.45) is 0 Å². The number of carbonyl (C=O) groups excluding carboxylic acids is 2. The first-order valence-electron chi connectivity index (χ1n) is 8.32. The van der Waals surface area contributed by atoms with Crippen LogP contribution in [0.25, 0.3) is 0 Å². The fraction of sp³-hybridized carbons (Fsp3) is 0.294. The first-order valence-corrected chi connectivity index (χ1v) is 10.1. The van der Waals surface area contributed by atoms with Crippen molar-refractivity contribution in [1.29, 1.82) is 0 Å². The number of nitrogens with one attached hydrogen (secondary N) is 1.